The molecule has 0 bridgehead atoms. The molecule has 0 saturated heterocycles. The van der Waals surface area contributed by atoms with Crippen molar-refractivity contribution in [2.45, 2.75) is 122 Å². The third-order valence-corrected chi connectivity index (χ3v) is 34.0. The minimum absolute atomic E-state index is 0. The number of hydrogen-bond acceptors (Lipinski definition) is 0. The summed E-state index contributed by atoms with van der Waals surface area (Å²) >= 11 is 0. The Bertz CT molecular complexity index is 9270. The molecule has 5 atom stereocenters. The summed E-state index contributed by atoms with van der Waals surface area (Å²) < 4.78 is 50.4. The van der Waals surface area contributed by atoms with Gasteiger partial charge in [-0.2, -0.15) is 45.7 Å². The molecule has 40 rings (SSSR count). The van der Waals surface area contributed by atoms with Gasteiger partial charge in [-0.25, -0.2) is 0 Å². The highest BCUT2D eigenvalue weighted by Gasteiger charge is 2.78. The van der Waals surface area contributed by atoms with Crippen LogP contribution in [0.5, 0.6) is 0 Å². The summed E-state index contributed by atoms with van der Waals surface area (Å²) in [4.78, 5) is 0. The van der Waals surface area contributed by atoms with Gasteiger partial charge in [0, 0.05) is 181 Å². The molecule has 30 aliphatic rings. The molecule has 5 spiro atoms. The van der Waals surface area contributed by atoms with Gasteiger partial charge in [0.1, 0.15) is 0 Å². The first kappa shape index (κ1) is 76.4. The third kappa shape index (κ3) is 7.34. The molecule has 0 N–H and O–H groups in total. The second-order valence-corrected chi connectivity index (χ2v) is 39.5. The molecular formula is C118H96N20+10. The Labute approximate surface area is 793 Å². The molecular weight excluding hydrogens is 1700 g/mol. The lowest BCUT2D eigenvalue weighted by atomic mass is 10.0. The number of rotatable bonds is 0. The van der Waals surface area contributed by atoms with Crippen LogP contribution in [0.2, 0.25) is 0 Å². The number of allylic oxidation sites excluding steroid dienone is 26. The zero-order chi connectivity index (χ0) is 86.5. The van der Waals surface area contributed by atoms with Gasteiger partial charge in [0.15, 0.2) is 0 Å². The molecule has 40 heterocycles. The van der Waals surface area contributed by atoms with E-state index >= 15 is 0 Å². The Hall–Kier alpha value is -17.0. The first-order valence-electron chi connectivity index (χ1n) is 46.6. The summed E-state index contributed by atoms with van der Waals surface area (Å²) in [6.45, 7) is 18.0. The zero-order valence-electron chi connectivity index (χ0n) is 73.5. The first-order chi connectivity index (χ1) is 65.2. The van der Waals surface area contributed by atoms with Crippen molar-refractivity contribution in [3.05, 3.63) is 438 Å². The van der Waals surface area contributed by atoms with Crippen LogP contribution in [0, 0.1) is 0 Å². The first-order valence-corrected chi connectivity index (χ1v) is 46.6. The summed E-state index contributed by atoms with van der Waals surface area (Å²) in [5.74, 6) is -2.24. The summed E-state index contributed by atoms with van der Waals surface area (Å²) in [7, 11) is 0. The quantitative estimate of drug-likeness (QED) is 0.136. The standard InChI is InChI=1S/C25H20N4.4C22H14N4.5CH4/c1-13-17-5-7-19-14(2)21-9-11-23-16(4)24-12-10-22-15(3)20-8-6-18(13)27(20)25(26(17)19,28(21)23)29(22)24;4*1-13-20-8-6-18-11-16-4-2-14-10-15-3-5-17-12-19-7-9-21(13)26(19)22(23(14)16,24(15)17)25(18)20;;;;;/h5-12H,1-4H3;4*2-12H,1H3;5*1H4/q5*+2;;;;;. The molecule has 0 amide bonds. The molecule has 138 heavy (non-hydrogen) atoms. The molecule has 0 aliphatic carbocycles. The van der Waals surface area contributed by atoms with Crippen LogP contribution in [0.25, 0.3) is 89.6 Å². The maximum Gasteiger partial charge on any atom is 0.553 e. The smallest absolute Gasteiger partial charge is 0.199 e. The Kier molecular flexibility index (Phi) is 13.0. The van der Waals surface area contributed by atoms with Crippen molar-refractivity contribution in [3.63, 3.8) is 0 Å². The van der Waals surface area contributed by atoms with E-state index in [0.717, 1.165) is 0 Å². The van der Waals surface area contributed by atoms with Crippen molar-refractivity contribution in [2.75, 3.05) is 0 Å². The number of aromatic nitrogens is 10. The molecule has 0 fully saturated rings. The fraction of sp³-hybridized carbons (Fsp3) is 0.153. The minimum Gasteiger partial charge on any atom is -0.199 e. The lowest BCUT2D eigenvalue weighted by Crippen LogP contribution is -2.70. The van der Waals surface area contributed by atoms with E-state index < -0.39 is 29.6 Å². The van der Waals surface area contributed by atoms with Crippen LogP contribution in [0.15, 0.2) is 328 Å². The van der Waals surface area contributed by atoms with E-state index in [2.05, 4.69) is 463 Å². The van der Waals surface area contributed by atoms with E-state index in [1.54, 1.807) is 0 Å². The fourth-order valence-corrected chi connectivity index (χ4v) is 29.1. The van der Waals surface area contributed by atoms with Crippen LogP contribution in [-0.4, -0.2) is 149 Å². The number of nitrogens with zero attached hydrogens (tertiary/aromatic N) is 20. The van der Waals surface area contributed by atoms with Crippen LogP contribution in [0.3, 0.4) is 0 Å². The largest absolute Gasteiger partial charge is 0.553 e. The van der Waals surface area contributed by atoms with Crippen molar-refractivity contribution in [2.24, 2.45) is 0 Å². The Morgan fingerprint density at radius 3 is 0.696 bits per heavy atom. The van der Waals surface area contributed by atoms with Crippen molar-refractivity contribution in [3.8, 4) is 0 Å². The van der Waals surface area contributed by atoms with E-state index in [1.165, 1.54) is 269 Å². The molecule has 658 valence electrons. The van der Waals surface area contributed by atoms with Gasteiger partial charge in [-0.15, -0.1) is 0 Å². The van der Waals surface area contributed by atoms with Gasteiger partial charge in [0.25, 0.3) is 0 Å². The van der Waals surface area contributed by atoms with E-state index in [4.69, 9.17) is 0 Å². The Morgan fingerprint density at radius 1 is 0.167 bits per heavy atom. The molecule has 10 aromatic rings. The van der Waals surface area contributed by atoms with Crippen LogP contribution in [0.4, 0.5) is 0 Å². The maximum absolute atomic E-state index is 2.58. The molecule has 5 unspecified atom stereocenters. The van der Waals surface area contributed by atoms with Gasteiger partial charge < -0.3 is 0 Å². The average molecular weight is 1790 g/mol. The summed E-state index contributed by atoms with van der Waals surface area (Å²) in [6, 6.07) is 45.2. The SMILES string of the molecule is C.C.C.C.C.CC1=C2C=CC3=[N+]2C24n5c(ccc5C(C)=c5ccc(n52)=C3C)C(C)=C2C=CC1=[N+]24.CC1=C2C=CC3=[N+]2C24n5c(ccc5C=c5ccc(n52)=C3)C=C2C=CC1=[N+]24.CC1=C2C=CC3=[N+]2C24n5c(ccc5C=c5ccc(n52)=C3)C=C2C=CC1=[N+]24.CC1=C2C=CC3=[N+]2C24n5c(ccc5C=c5ccc(n52)=C3)C=C2C=CC1=[N+]24.CC1=C2C=CC3=[N+]2C24n5c(ccc5C=c5ccc(n52)=C3)C=C2C=CC1=[N+]24. The monoisotopic (exact) mass is 1790 g/mol. The molecule has 10 aromatic heterocycles. The highest BCUT2D eigenvalue weighted by molar-refractivity contribution is 6.24. The highest BCUT2D eigenvalue weighted by atomic mass is 15.7. The molecule has 30 aliphatic heterocycles. The van der Waals surface area contributed by atoms with Crippen LogP contribution in [-0.2, 0) is 29.6 Å². The zero-order valence-corrected chi connectivity index (χ0v) is 73.5. The molecule has 0 saturated carbocycles. The van der Waals surface area contributed by atoms with Gasteiger partial charge in [0.2, 0.25) is 114 Å². The topological polar surface area (TPSA) is 79.4 Å². The molecule has 20 heteroatoms. The molecule has 20 nitrogen and oxygen atoms in total. The van der Waals surface area contributed by atoms with E-state index in [9.17, 15) is 0 Å². The minimum atomic E-state index is -0.470. The van der Waals surface area contributed by atoms with Gasteiger partial charge in [-0.3, -0.25) is 0 Å². The van der Waals surface area contributed by atoms with Gasteiger partial charge in [-0.1, -0.05) is 82.9 Å². The second kappa shape index (κ2) is 23.5. The fourth-order valence-electron chi connectivity index (χ4n) is 29.1. The lowest BCUT2D eigenvalue weighted by Gasteiger charge is -2.40. The van der Waals surface area contributed by atoms with Crippen molar-refractivity contribution >= 4 is 147 Å². The normalized spacial score (nSPS) is 25.8. The summed E-state index contributed by atoms with van der Waals surface area (Å²) in [5, 5.41) is 12.7. The Morgan fingerprint density at radius 2 is 0.391 bits per heavy atom. The predicted molar refractivity (Wildman–Crippen MR) is 543 cm³/mol. The maximum atomic E-state index is 2.58. The van der Waals surface area contributed by atoms with Gasteiger partial charge >= 0.3 is 29.6 Å². The van der Waals surface area contributed by atoms with Crippen molar-refractivity contribution in [1.29, 1.82) is 0 Å². The molecule has 0 aromatic carbocycles. The predicted octanol–water partition coefficient (Wildman–Crippen LogP) is 9.50. The van der Waals surface area contributed by atoms with E-state index in [1.807, 2.05) is 0 Å². The highest BCUT2D eigenvalue weighted by Crippen LogP contribution is 2.54. The van der Waals surface area contributed by atoms with Crippen LogP contribution < -0.4 is 53.5 Å². The number of hydrogen-bond donors (Lipinski definition) is 0. The summed E-state index contributed by atoms with van der Waals surface area (Å²) in [6.07, 6.45) is 73.2. The second-order valence-electron chi connectivity index (χ2n) is 39.5. The third-order valence-electron chi connectivity index (χ3n) is 34.0. The van der Waals surface area contributed by atoms with E-state index in [0.29, 0.717) is 0 Å². The van der Waals surface area contributed by atoms with Crippen molar-refractivity contribution in [1.82, 2.24) is 45.7 Å². The van der Waals surface area contributed by atoms with Crippen LogP contribution in [0.1, 0.15) is 149 Å². The average Bonchev–Trinajstić information content (AvgIpc) is 1.44. The Balaban J connectivity index is 0.0000000792. The van der Waals surface area contributed by atoms with Crippen LogP contribution >= 0.6 is 0 Å². The van der Waals surface area contributed by atoms with Crippen molar-refractivity contribution < 1.29 is 45.8 Å². The lowest BCUT2D eigenvalue weighted by molar-refractivity contribution is -0.837. The molecule has 0 radical (unpaired) electrons. The van der Waals surface area contributed by atoms with E-state index in [-0.39, 0.29) is 37.1 Å². The van der Waals surface area contributed by atoms with Gasteiger partial charge in [-0.05, 0) is 207 Å². The summed E-state index contributed by atoms with van der Waals surface area (Å²) in [5.41, 5.74) is 49.1. The van der Waals surface area contributed by atoms with Gasteiger partial charge in [0.05, 0.1) is 138 Å².